The Bertz CT molecular complexity index is 410. The number of rotatable bonds is 4. The van der Waals surface area contributed by atoms with Gasteiger partial charge in [0.15, 0.2) is 0 Å². The van der Waals surface area contributed by atoms with Crippen LogP contribution in [0, 0.1) is 5.92 Å². The lowest BCUT2D eigenvalue weighted by molar-refractivity contribution is 0.131. The van der Waals surface area contributed by atoms with Crippen LogP contribution < -0.4 is 5.32 Å². The maximum absolute atomic E-state index is 6.39. The fraction of sp³-hybridized carbons (Fsp3) is 0.600. The predicted octanol–water partition coefficient (Wildman–Crippen LogP) is 4.66. The fourth-order valence-corrected chi connectivity index (χ4v) is 3.64. The zero-order valence-corrected chi connectivity index (χ0v) is 12.8. The van der Waals surface area contributed by atoms with E-state index < -0.39 is 0 Å². The summed E-state index contributed by atoms with van der Waals surface area (Å²) in [4.78, 5) is 0. The molecule has 1 nitrogen and oxygen atoms in total. The van der Waals surface area contributed by atoms with Crippen LogP contribution in [0.2, 0.25) is 10.0 Å². The molecule has 3 heteroatoms. The van der Waals surface area contributed by atoms with Gasteiger partial charge in [0.05, 0.1) is 0 Å². The van der Waals surface area contributed by atoms with Crippen molar-refractivity contribution in [3.05, 3.63) is 33.8 Å². The van der Waals surface area contributed by atoms with E-state index >= 15 is 0 Å². The van der Waals surface area contributed by atoms with Crippen LogP contribution in [-0.2, 0) is 5.41 Å². The lowest BCUT2D eigenvalue weighted by Gasteiger charge is -2.50. The largest absolute Gasteiger partial charge is 0.314 e. The quantitative estimate of drug-likeness (QED) is 0.849. The summed E-state index contributed by atoms with van der Waals surface area (Å²) in [6.07, 6.45) is 2.42. The summed E-state index contributed by atoms with van der Waals surface area (Å²) in [6, 6.07) is 6.30. The van der Waals surface area contributed by atoms with Crippen molar-refractivity contribution in [3.63, 3.8) is 0 Å². The SMILES string of the molecule is CC(C)NCC1(c2c(Cl)cccc2Cl)CCC1C. The Kier molecular flexibility index (Phi) is 4.25. The Hall–Kier alpha value is -0.240. The summed E-state index contributed by atoms with van der Waals surface area (Å²) in [5.41, 5.74) is 1.25. The number of halogens is 2. The summed E-state index contributed by atoms with van der Waals surface area (Å²) in [5, 5.41) is 5.16. The van der Waals surface area contributed by atoms with Gasteiger partial charge in [0.25, 0.3) is 0 Å². The Labute approximate surface area is 120 Å². The summed E-state index contributed by atoms with van der Waals surface area (Å²) in [6.45, 7) is 7.59. The minimum Gasteiger partial charge on any atom is -0.314 e. The van der Waals surface area contributed by atoms with Crippen molar-refractivity contribution in [2.24, 2.45) is 5.92 Å². The van der Waals surface area contributed by atoms with Crippen LogP contribution in [0.4, 0.5) is 0 Å². The summed E-state index contributed by atoms with van der Waals surface area (Å²) in [5.74, 6) is 0.626. The third-order valence-corrected chi connectivity index (χ3v) is 4.88. The van der Waals surface area contributed by atoms with E-state index in [1.807, 2.05) is 18.2 Å². The van der Waals surface area contributed by atoms with Crippen LogP contribution in [0.15, 0.2) is 18.2 Å². The molecule has 1 saturated carbocycles. The first-order valence-corrected chi connectivity index (χ1v) is 7.41. The molecule has 1 aromatic rings. The summed E-state index contributed by atoms with van der Waals surface area (Å²) < 4.78 is 0. The van der Waals surface area contributed by atoms with Crippen molar-refractivity contribution in [2.45, 2.75) is 45.1 Å². The first kappa shape index (κ1) is 14.2. The third-order valence-electron chi connectivity index (χ3n) is 4.25. The molecule has 0 amide bonds. The molecule has 0 radical (unpaired) electrons. The van der Waals surface area contributed by atoms with Crippen LogP contribution in [-0.4, -0.2) is 12.6 Å². The summed E-state index contributed by atoms with van der Waals surface area (Å²) >= 11 is 12.8. The van der Waals surface area contributed by atoms with E-state index in [2.05, 4.69) is 26.1 Å². The molecule has 1 fully saturated rings. The highest BCUT2D eigenvalue weighted by Gasteiger charge is 2.47. The lowest BCUT2D eigenvalue weighted by Crippen LogP contribution is -2.51. The van der Waals surface area contributed by atoms with Gasteiger partial charge in [-0.15, -0.1) is 0 Å². The average molecular weight is 286 g/mol. The van der Waals surface area contributed by atoms with Gasteiger partial charge in [-0.25, -0.2) is 0 Å². The maximum atomic E-state index is 6.39. The molecule has 2 unspecified atom stereocenters. The fourth-order valence-electron chi connectivity index (χ4n) is 2.86. The minimum absolute atomic E-state index is 0.111. The van der Waals surface area contributed by atoms with E-state index in [1.165, 1.54) is 6.42 Å². The molecule has 0 bridgehead atoms. The molecular formula is C15H21Cl2N. The van der Waals surface area contributed by atoms with E-state index in [9.17, 15) is 0 Å². The first-order valence-electron chi connectivity index (χ1n) is 6.65. The van der Waals surface area contributed by atoms with E-state index in [0.717, 1.165) is 28.6 Å². The van der Waals surface area contributed by atoms with Crippen LogP contribution >= 0.6 is 23.2 Å². The second-order valence-electron chi connectivity index (χ2n) is 5.73. The molecule has 100 valence electrons. The van der Waals surface area contributed by atoms with Crippen LogP contribution in [0.25, 0.3) is 0 Å². The van der Waals surface area contributed by atoms with Gasteiger partial charge in [0, 0.05) is 28.0 Å². The Balaban J connectivity index is 2.36. The van der Waals surface area contributed by atoms with Gasteiger partial charge in [-0.3, -0.25) is 0 Å². The van der Waals surface area contributed by atoms with Crippen molar-refractivity contribution < 1.29 is 0 Å². The van der Waals surface area contributed by atoms with Crippen molar-refractivity contribution in [3.8, 4) is 0 Å². The van der Waals surface area contributed by atoms with Gasteiger partial charge in [0.2, 0.25) is 0 Å². The number of benzene rings is 1. The normalized spacial score (nSPS) is 27.3. The molecule has 1 aromatic carbocycles. The smallest absolute Gasteiger partial charge is 0.0459 e. The van der Waals surface area contributed by atoms with E-state index in [4.69, 9.17) is 23.2 Å². The van der Waals surface area contributed by atoms with E-state index in [-0.39, 0.29) is 5.41 Å². The molecule has 1 N–H and O–H groups in total. The van der Waals surface area contributed by atoms with Crippen molar-refractivity contribution in [2.75, 3.05) is 6.54 Å². The second kappa shape index (κ2) is 5.40. The topological polar surface area (TPSA) is 12.0 Å². The van der Waals surface area contributed by atoms with E-state index in [0.29, 0.717) is 12.0 Å². The standard InChI is InChI=1S/C15H21Cl2N/c1-10(2)18-9-15(8-7-11(15)3)14-12(16)5-4-6-13(14)17/h4-6,10-11,18H,7-9H2,1-3H3. The third kappa shape index (κ3) is 2.41. The molecule has 0 heterocycles. The molecule has 0 aliphatic heterocycles. The molecule has 1 aliphatic carbocycles. The van der Waals surface area contributed by atoms with Gasteiger partial charge in [-0.2, -0.15) is 0 Å². The molecule has 2 rings (SSSR count). The minimum atomic E-state index is 0.111. The van der Waals surface area contributed by atoms with Gasteiger partial charge >= 0.3 is 0 Å². The second-order valence-corrected chi connectivity index (χ2v) is 6.54. The van der Waals surface area contributed by atoms with Gasteiger partial charge in [-0.05, 0) is 36.5 Å². The van der Waals surface area contributed by atoms with E-state index in [1.54, 1.807) is 0 Å². The van der Waals surface area contributed by atoms with Crippen molar-refractivity contribution in [1.29, 1.82) is 0 Å². The molecule has 0 spiro atoms. The average Bonchev–Trinajstić information content (AvgIpc) is 2.30. The van der Waals surface area contributed by atoms with Crippen LogP contribution in [0.3, 0.4) is 0 Å². The molecule has 1 aliphatic rings. The van der Waals surface area contributed by atoms with Gasteiger partial charge < -0.3 is 5.32 Å². The van der Waals surface area contributed by atoms with Gasteiger partial charge in [0.1, 0.15) is 0 Å². The maximum Gasteiger partial charge on any atom is 0.0459 e. The van der Waals surface area contributed by atoms with Crippen LogP contribution in [0.5, 0.6) is 0 Å². The van der Waals surface area contributed by atoms with Crippen LogP contribution in [0.1, 0.15) is 39.2 Å². The highest BCUT2D eigenvalue weighted by atomic mass is 35.5. The summed E-state index contributed by atoms with van der Waals surface area (Å²) in [7, 11) is 0. The van der Waals surface area contributed by atoms with Crippen molar-refractivity contribution in [1.82, 2.24) is 5.32 Å². The number of nitrogens with one attached hydrogen (secondary N) is 1. The molecule has 2 atom stereocenters. The van der Waals surface area contributed by atoms with Gasteiger partial charge in [-0.1, -0.05) is 50.0 Å². The molecule has 0 aromatic heterocycles. The monoisotopic (exact) mass is 285 g/mol. The first-order chi connectivity index (χ1) is 8.47. The predicted molar refractivity (Wildman–Crippen MR) is 79.7 cm³/mol. The molecular weight excluding hydrogens is 265 g/mol. The molecule has 18 heavy (non-hydrogen) atoms. The zero-order valence-electron chi connectivity index (χ0n) is 11.3. The number of hydrogen-bond donors (Lipinski definition) is 1. The Morgan fingerprint density at radius 3 is 2.33 bits per heavy atom. The number of hydrogen-bond acceptors (Lipinski definition) is 1. The Morgan fingerprint density at radius 1 is 1.33 bits per heavy atom. The highest BCUT2D eigenvalue weighted by Crippen LogP contribution is 2.52. The lowest BCUT2D eigenvalue weighted by atomic mass is 9.57. The van der Waals surface area contributed by atoms with Crippen molar-refractivity contribution >= 4 is 23.2 Å². The molecule has 0 saturated heterocycles. The highest BCUT2D eigenvalue weighted by molar-refractivity contribution is 6.36. The zero-order chi connectivity index (χ0) is 13.3. The Morgan fingerprint density at radius 2 is 1.94 bits per heavy atom.